The van der Waals surface area contributed by atoms with Gasteiger partial charge in [0.15, 0.2) is 5.65 Å². The lowest BCUT2D eigenvalue weighted by Crippen LogP contribution is -1.98. The molecule has 24 heavy (non-hydrogen) atoms. The average Bonchev–Trinajstić information content (AvgIpc) is 3.10. The van der Waals surface area contributed by atoms with Gasteiger partial charge in [0.2, 0.25) is 0 Å². The van der Waals surface area contributed by atoms with Crippen molar-refractivity contribution in [2.24, 2.45) is 0 Å². The zero-order valence-corrected chi connectivity index (χ0v) is 12.9. The molecule has 0 bridgehead atoms. The van der Waals surface area contributed by atoms with Crippen molar-refractivity contribution in [3.63, 3.8) is 0 Å². The van der Waals surface area contributed by atoms with Crippen LogP contribution in [0.3, 0.4) is 0 Å². The fourth-order valence-electron chi connectivity index (χ4n) is 2.35. The molecule has 4 aromatic rings. The van der Waals surface area contributed by atoms with E-state index in [0.29, 0.717) is 11.5 Å². The Morgan fingerprint density at radius 3 is 2.83 bits per heavy atom. The van der Waals surface area contributed by atoms with Crippen molar-refractivity contribution in [1.29, 1.82) is 0 Å². The van der Waals surface area contributed by atoms with Gasteiger partial charge in [-0.2, -0.15) is 9.61 Å². The lowest BCUT2D eigenvalue weighted by atomic mass is 10.1. The van der Waals surface area contributed by atoms with Crippen LogP contribution >= 0.6 is 0 Å². The lowest BCUT2D eigenvalue weighted by Gasteiger charge is -2.08. The van der Waals surface area contributed by atoms with Gasteiger partial charge in [0, 0.05) is 24.4 Å². The molecule has 3 heterocycles. The minimum absolute atomic E-state index is 0.716. The smallest absolute Gasteiger partial charge is 0.177 e. The maximum absolute atomic E-state index is 4.51. The molecule has 0 atom stereocenters. The Morgan fingerprint density at radius 2 is 1.92 bits per heavy atom. The maximum Gasteiger partial charge on any atom is 0.177 e. The molecule has 3 aromatic heterocycles. The number of hydrogen-bond donors (Lipinski definition) is 2. The first-order valence-electron chi connectivity index (χ1n) is 7.36. The predicted octanol–water partition coefficient (Wildman–Crippen LogP) is 2.37. The minimum Gasteiger partial charge on any atom is -0.373 e. The van der Waals surface area contributed by atoms with E-state index in [2.05, 4.69) is 35.9 Å². The van der Waals surface area contributed by atoms with Crippen LogP contribution in [0, 0.1) is 0 Å². The summed E-state index contributed by atoms with van der Waals surface area (Å²) in [5, 5.41) is 18.6. The number of rotatable bonds is 4. The molecule has 4 rings (SSSR count). The van der Waals surface area contributed by atoms with Gasteiger partial charge in [0.05, 0.1) is 5.69 Å². The fraction of sp³-hybridized carbons (Fsp3) is 0.0625. The highest BCUT2D eigenvalue weighted by atomic mass is 15.3. The van der Waals surface area contributed by atoms with Gasteiger partial charge in [-0.15, -0.1) is 10.2 Å². The molecule has 1 aromatic carbocycles. The highest BCUT2D eigenvalue weighted by Crippen LogP contribution is 2.23. The Labute approximate surface area is 137 Å². The maximum atomic E-state index is 4.51. The van der Waals surface area contributed by atoms with Gasteiger partial charge >= 0.3 is 0 Å². The lowest BCUT2D eigenvalue weighted by molar-refractivity contribution is 0.932. The number of anilines is 3. The Balaban J connectivity index is 1.65. The van der Waals surface area contributed by atoms with E-state index in [4.69, 9.17) is 0 Å². The van der Waals surface area contributed by atoms with Crippen molar-refractivity contribution < 1.29 is 0 Å². The van der Waals surface area contributed by atoms with Crippen molar-refractivity contribution in [3.05, 3.63) is 55.1 Å². The summed E-state index contributed by atoms with van der Waals surface area (Å²) in [4.78, 5) is 8.32. The number of aromatic nitrogens is 6. The average molecular weight is 318 g/mol. The minimum atomic E-state index is 0.716. The molecule has 0 radical (unpaired) electrons. The van der Waals surface area contributed by atoms with Crippen molar-refractivity contribution in [3.8, 4) is 11.3 Å². The Bertz CT molecular complexity index is 994. The zero-order valence-electron chi connectivity index (χ0n) is 12.9. The number of nitrogens with one attached hydrogen (secondary N) is 2. The normalized spacial score (nSPS) is 10.7. The summed E-state index contributed by atoms with van der Waals surface area (Å²) < 4.78 is 1.65. The third-order valence-electron chi connectivity index (χ3n) is 3.52. The Morgan fingerprint density at radius 1 is 1.00 bits per heavy atom. The van der Waals surface area contributed by atoms with Crippen LogP contribution in [0.15, 0.2) is 55.1 Å². The molecule has 8 heteroatoms. The molecular weight excluding hydrogens is 304 g/mol. The number of fused-ring (bicyclic) bond motifs is 1. The molecule has 0 aliphatic rings. The van der Waals surface area contributed by atoms with Crippen LogP contribution in [0.25, 0.3) is 16.9 Å². The highest BCUT2D eigenvalue weighted by molar-refractivity contribution is 5.68. The van der Waals surface area contributed by atoms with Crippen LogP contribution in [-0.2, 0) is 0 Å². The molecule has 0 spiro atoms. The number of hydrogen-bond acceptors (Lipinski definition) is 7. The predicted molar refractivity (Wildman–Crippen MR) is 91.1 cm³/mol. The van der Waals surface area contributed by atoms with E-state index in [1.165, 1.54) is 6.33 Å². The quantitative estimate of drug-likeness (QED) is 0.596. The van der Waals surface area contributed by atoms with Crippen LogP contribution in [0.4, 0.5) is 17.3 Å². The summed E-state index contributed by atoms with van der Waals surface area (Å²) in [6.45, 7) is 0. The van der Waals surface area contributed by atoms with E-state index in [-0.39, 0.29) is 0 Å². The van der Waals surface area contributed by atoms with Gasteiger partial charge in [-0.05, 0) is 24.3 Å². The zero-order chi connectivity index (χ0) is 16.4. The summed E-state index contributed by atoms with van der Waals surface area (Å²) in [5.74, 6) is 1.47. The number of nitrogens with zero attached hydrogens (tertiary/aromatic N) is 6. The van der Waals surface area contributed by atoms with E-state index in [1.807, 2.05) is 49.5 Å². The summed E-state index contributed by atoms with van der Waals surface area (Å²) >= 11 is 0. The van der Waals surface area contributed by atoms with Crippen molar-refractivity contribution in [1.82, 2.24) is 29.8 Å². The second-order valence-corrected chi connectivity index (χ2v) is 5.10. The second kappa shape index (κ2) is 5.92. The van der Waals surface area contributed by atoms with Gasteiger partial charge in [-0.1, -0.05) is 12.1 Å². The third kappa shape index (κ3) is 2.72. The highest BCUT2D eigenvalue weighted by Gasteiger charge is 2.05. The molecular formula is C16H14N8. The molecule has 0 saturated carbocycles. The molecule has 0 fully saturated rings. The topological polar surface area (TPSA) is 92.9 Å². The van der Waals surface area contributed by atoms with Gasteiger partial charge < -0.3 is 10.6 Å². The Hall–Kier alpha value is -3.55. The van der Waals surface area contributed by atoms with E-state index in [0.717, 1.165) is 22.8 Å². The molecule has 8 nitrogen and oxygen atoms in total. The van der Waals surface area contributed by atoms with Gasteiger partial charge in [-0.3, -0.25) is 0 Å². The van der Waals surface area contributed by atoms with Crippen molar-refractivity contribution in [2.45, 2.75) is 0 Å². The first kappa shape index (κ1) is 14.1. The van der Waals surface area contributed by atoms with E-state index < -0.39 is 0 Å². The third-order valence-corrected chi connectivity index (χ3v) is 3.52. The van der Waals surface area contributed by atoms with Gasteiger partial charge in [0.25, 0.3) is 0 Å². The summed E-state index contributed by atoms with van der Waals surface area (Å²) in [5.41, 5.74) is 3.45. The van der Waals surface area contributed by atoms with Gasteiger partial charge in [-0.25, -0.2) is 9.97 Å². The van der Waals surface area contributed by atoms with Crippen molar-refractivity contribution in [2.75, 3.05) is 17.7 Å². The van der Waals surface area contributed by atoms with Crippen LogP contribution < -0.4 is 10.6 Å². The molecule has 118 valence electrons. The first-order valence-corrected chi connectivity index (χ1v) is 7.36. The van der Waals surface area contributed by atoms with E-state index in [1.54, 1.807) is 10.8 Å². The molecule has 0 saturated heterocycles. The Kier molecular flexibility index (Phi) is 3.47. The molecule has 0 aliphatic heterocycles. The monoisotopic (exact) mass is 318 g/mol. The van der Waals surface area contributed by atoms with Crippen LogP contribution in [0.2, 0.25) is 0 Å². The fourth-order valence-corrected chi connectivity index (χ4v) is 2.35. The standard InChI is InChI=1S/C16H14N8/c1-17-14-8-15(19-9-18-14)21-12-4-2-3-11(7-12)13-5-6-16-22-20-10-24(16)23-13/h2-10H,1H3,(H2,17,18,19,21). The second-order valence-electron chi connectivity index (χ2n) is 5.10. The number of benzene rings is 1. The molecule has 2 N–H and O–H groups in total. The molecule has 0 unspecified atom stereocenters. The van der Waals surface area contributed by atoms with E-state index >= 15 is 0 Å². The van der Waals surface area contributed by atoms with Gasteiger partial charge in [0.1, 0.15) is 24.3 Å². The van der Waals surface area contributed by atoms with Crippen LogP contribution in [0.5, 0.6) is 0 Å². The molecule has 0 aliphatic carbocycles. The van der Waals surface area contributed by atoms with E-state index in [9.17, 15) is 0 Å². The summed E-state index contributed by atoms with van der Waals surface area (Å²) in [6.07, 6.45) is 3.10. The largest absolute Gasteiger partial charge is 0.373 e. The SMILES string of the molecule is CNc1cc(Nc2cccc(-c3ccc4nncn4n3)c2)ncn1. The summed E-state index contributed by atoms with van der Waals surface area (Å²) in [7, 11) is 1.82. The van der Waals surface area contributed by atoms with Crippen LogP contribution in [0.1, 0.15) is 0 Å². The summed E-state index contributed by atoms with van der Waals surface area (Å²) in [6, 6.07) is 13.6. The first-order chi connectivity index (χ1) is 11.8. The van der Waals surface area contributed by atoms with Crippen LogP contribution in [-0.4, -0.2) is 36.8 Å². The van der Waals surface area contributed by atoms with Crippen molar-refractivity contribution >= 4 is 23.0 Å². The molecule has 0 amide bonds.